The minimum Gasteiger partial charge on any atom is -0.481 e. The molecule has 1 unspecified atom stereocenters. The van der Waals surface area contributed by atoms with Crippen LogP contribution in [0.15, 0.2) is 12.3 Å². The summed E-state index contributed by atoms with van der Waals surface area (Å²) in [4.78, 5) is 3.89. The second-order valence-electron chi connectivity index (χ2n) is 3.73. The van der Waals surface area contributed by atoms with Gasteiger partial charge in [-0.15, -0.1) is 0 Å². The summed E-state index contributed by atoms with van der Waals surface area (Å²) in [7, 11) is 1.42. The van der Waals surface area contributed by atoms with E-state index in [2.05, 4.69) is 11.9 Å². The molecule has 1 heterocycles. The maximum absolute atomic E-state index is 13.5. The van der Waals surface area contributed by atoms with Gasteiger partial charge in [-0.1, -0.05) is 26.2 Å². The molecule has 0 fully saturated rings. The van der Waals surface area contributed by atoms with Gasteiger partial charge in [-0.25, -0.2) is 9.37 Å². The predicted octanol–water partition coefficient (Wildman–Crippen LogP) is 2.84. The fourth-order valence-electron chi connectivity index (χ4n) is 1.63. The molecule has 1 atom stereocenters. The van der Waals surface area contributed by atoms with Crippen molar-refractivity contribution in [2.24, 2.45) is 0 Å². The average Bonchev–Trinajstić information content (AvgIpc) is 2.28. The molecular weight excluding hydrogens is 209 g/mol. The van der Waals surface area contributed by atoms with Crippen LogP contribution in [-0.4, -0.2) is 17.2 Å². The van der Waals surface area contributed by atoms with Gasteiger partial charge in [0, 0.05) is 6.20 Å². The number of aromatic nitrogens is 1. The molecule has 0 aliphatic carbocycles. The molecule has 0 spiro atoms. The molecule has 0 amide bonds. The maximum Gasteiger partial charge on any atom is 0.221 e. The first kappa shape index (κ1) is 12.9. The molecule has 90 valence electrons. The van der Waals surface area contributed by atoms with Crippen LogP contribution in [0.2, 0.25) is 0 Å². The first-order chi connectivity index (χ1) is 7.70. The fourth-order valence-corrected chi connectivity index (χ4v) is 1.63. The standard InChI is InChI=1S/C12H18FNO2/c1-3-4-5-6-10(15)11-9(13)7-8-14-12(11)16-2/h7-8,10,15H,3-6H2,1-2H3. The highest BCUT2D eigenvalue weighted by atomic mass is 19.1. The van der Waals surface area contributed by atoms with Crippen molar-refractivity contribution in [1.29, 1.82) is 0 Å². The molecular formula is C12H18FNO2. The third-order valence-corrected chi connectivity index (χ3v) is 2.51. The first-order valence-corrected chi connectivity index (χ1v) is 5.57. The minimum atomic E-state index is -0.838. The average molecular weight is 227 g/mol. The second-order valence-corrected chi connectivity index (χ2v) is 3.73. The van der Waals surface area contributed by atoms with Gasteiger partial charge in [0.1, 0.15) is 5.82 Å². The maximum atomic E-state index is 13.5. The van der Waals surface area contributed by atoms with Gasteiger partial charge in [-0.3, -0.25) is 0 Å². The highest BCUT2D eigenvalue weighted by Gasteiger charge is 2.18. The lowest BCUT2D eigenvalue weighted by Crippen LogP contribution is -2.05. The number of aliphatic hydroxyl groups is 1. The number of nitrogens with zero attached hydrogens (tertiary/aromatic N) is 1. The van der Waals surface area contributed by atoms with Crippen molar-refractivity contribution in [3.8, 4) is 5.88 Å². The lowest BCUT2D eigenvalue weighted by Gasteiger charge is -2.14. The van der Waals surface area contributed by atoms with Gasteiger partial charge in [0.05, 0.1) is 18.8 Å². The molecule has 4 heteroatoms. The number of hydrogen-bond donors (Lipinski definition) is 1. The van der Waals surface area contributed by atoms with Crippen molar-refractivity contribution < 1.29 is 14.2 Å². The number of pyridine rings is 1. The van der Waals surface area contributed by atoms with E-state index in [4.69, 9.17) is 4.74 Å². The van der Waals surface area contributed by atoms with Gasteiger partial charge < -0.3 is 9.84 Å². The fraction of sp³-hybridized carbons (Fsp3) is 0.583. The van der Waals surface area contributed by atoms with Crippen LogP contribution in [0.4, 0.5) is 4.39 Å². The quantitative estimate of drug-likeness (QED) is 0.760. The molecule has 0 aliphatic heterocycles. The Morgan fingerprint density at radius 3 is 2.88 bits per heavy atom. The molecule has 0 bridgehead atoms. The molecule has 16 heavy (non-hydrogen) atoms. The van der Waals surface area contributed by atoms with E-state index >= 15 is 0 Å². The molecule has 0 radical (unpaired) electrons. The zero-order valence-corrected chi connectivity index (χ0v) is 9.74. The molecule has 1 aromatic heterocycles. The largest absolute Gasteiger partial charge is 0.481 e. The lowest BCUT2D eigenvalue weighted by molar-refractivity contribution is 0.153. The van der Waals surface area contributed by atoms with E-state index in [0.29, 0.717) is 6.42 Å². The van der Waals surface area contributed by atoms with Crippen LogP contribution in [0.1, 0.15) is 44.3 Å². The van der Waals surface area contributed by atoms with Crippen molar-refractivity contribution in [2.75, 3.05) is 7.11 Å². The van der Waals surface area contributed by atoms with Gasteiger partial charge in [0.2, 0.25) is 5.88 Å². The number of methoxy groups -OCH3 is 1. The molecule has 1 aromatic rings. The molecule has 0 saturated carbocycles. The highest BCUT2D eigenvalue weighted by molar-refractivity contribution is 5.29. The number of aliphatic hydroxyl groups excluding tert-OH is 1. The molecule has 0 saturated heterocycles. The summed E-state index contributed by atoms with van der Waals surface area (Å²) < 4.78 is 18.5. The van der Waals surface area contributed by atoms with Crippen LogP contribution in [0.5, 0.6) is 5.88 Å². The molecule has 3 nitrogen and oxygen atoms in total. The van der Waals surface area contributed by atoms with Crippen LogP contribution in [-0.2, 0) is 0 Å². The Hall–Kier alpha value is -1.16. The Balaban J connectivity index is 2.76. The summed E-state index contributed by atoms with van der Waals surface area (Å²) in [5.41, 5.74) is 0.168. The number of unbranched alkanes of at least 4 members (excludes halogenated alkanes) is 2. The van der Waals surface area contributed by atoms with E-state index in [1.807, 2.05) is 0 Å². The summed E-state index contributed by atoms with van der Waals surface area (Å²) in [5, 5.41) is 9.88. The van der Waals surface area contributed by atoms with Crippen molar-refractivity contribution in [3.63, 3.8) is 0 Å². The van der Waals surface area contributed by atoms with E-state index in [0.717, 1.165) is 19.3 Å². The Bertz CT molecular complexity index is 331. The van der Waals surface area contributed by atoms with Gasteiger partial charge in [-0.05, 0) is 12.5 Å². The van der Waals surface area contributed by atoms with Crippen LogP contribution >= 0.6 is 0 Å². The Morgan fingerprint density at radius 1 is 1.50 bits per heavy atom. The number of rotatable bonds is 6. The summed E-state index contributed by atoms with van der Waals surface area (Å²) in [6.45, 7) is 2.08. The smallest absolute Gasteiger partial charge is 0.221 e. The highest BCUT2D eigenvalue weighted by Crippen LogP contribution is 2.28. The first-order valence-electron chi connectivity index (χ1n) is 5.57. The number of hydrogen-bond acceptors (Lipinski definition) is 3. The molecule has 1 N–H and O–H groups in total. The van der Waals surface area contributed by atoms with Crippen LogP contribution < -0.4 is 4.74 Å². The summed E-state index contributed by atoms with van der Waals surface area (Å²) in [6.07, 6.45) is 3.99. The van der Waals surface area contributed by atoms with Gasteiger partial charge in [-0.2, -0.15) is 0 Å². The van der Waals surface area contributed by atoms with E-state index in [9.17, 15) is 9.50 Å². The lowest BCUT2D eigenvalue weighted by atomic mass is 10.0. The zero-order chi connectivity index (χ0) is 12.0. The van der Waals surface area contributed by atoms with Crippen LogP contribution in [0.3, 0.4) is 0 Å². The van der Waals surface area contributed by atoms with Crippen molar-refractivity contribution in [2.45, 2.75) is 38.7 Å². The van der Waals surface area contributed by atoms with Crippen LogP contribution in [0, 0.1) is 5.82 Å². The Labute approximate surface area is 95.3 Å². The summed E-state index contributed by atoms with van der Waals surface area (Å²) >= 11 is 0. The van der Waals surface area contributed by atoms with Gasteiger partial charge in [0.15, 0.2) is 0 Å². The SMILES string of the molecule is CCCCCC(O)c1c(F)ccnc1OC. The number of ether oxygens (including phenoxy) is 1. The van der Waals surface area contributed by atoms with Crippen molar-refractivity contribution in [1.82, 2.24) is 4.98 Å². The van der Waals surface area contributed by atoms with Crippen LogP contribution in [0.25, 0.3) is 0 Å². The normalized spacial score (nSPS) is 12.5. The second kappa shape index (κ2) is 6.43. The molecule has 0 aliphatic rings. The third-order valence-electron chi connectivity index (χ3n) is 2.51. The number of halogens is 1. The van der Waals surface area contributed by atoms with E-state index < -0.39 is 11.9 Å². The van der Waals surface area contributed by atoms with E-state index in [1.165, 1.54) is 19.4 Å². The van der Waals surface area contributed by atoms with E-state index in [1.54, 1.807) is 0 Å². The van der Waals surface area contributed by atoms with Gasteiger partial charge in [0.25, 0.3) is 0 Å². The van der Waals surface area contributed by atoms with Gasteiger partial charge >= 0.3 is 0 Å². The predicted molar refractivity (Wildman–Crippen MR) is 59.8 cm³/mol. The van der Waals surface area contributed by atoms with Crippen molar-refractivity contribution in [3.05, 3.63) is 23.6 Å². The monoisotopic (exact) mass is 227 g/mol. The van der Waals surface area contributed by atoms with Crippen molar-refractivity contribution >= 4 is 0 Å². The summed E-state index contributed by atoms with van der Waals surface area (Å²) in [5.74, 6) is -0.292. The Morgan fingerprint density at radius 2 is 2.25 bits per heavy atom. The Kier molecular flexibility index (Phi) is 5.19. The topological polar surface area (TPSA) is 42.4 Å². The molecule has 0 aromatic carbocycles. The van der Waals surface area contributed by atoms with E-state index in [-0.39, 0.29) is 11.4 Å². The minimum absolute atomic E-state index is 0.168. The zero-order valence-electron chi connectivity index (χ0n) is 9.74. The third kappa shape index (κ3) is 3.17. The summed E-state index contributed by atoms with van der Waals surface area (Å²) in [6, 6.07) is 1.24. The molecule has 1 rings (SSSR count).